The van der Waals surface area contributed by atoms with E-state index in [9.17, 15) is 9.18 Å². The lowest BCUT2D eigenvalue weighted by Crippen LogP contribution is -2.19. The molecule has 4 heteroatoms. The van der Waals surface area contributed by atoms with E-state index in [2.05, 4.69) is 5.32 Å². The number of benzene rings is 1. The van der Waals surface area contributed by atoms with Gasteiger partial charge in [0.05, 0.1) is 0 Å². The van der Waals surface area contributed by atoms with Crippen LogP contribution in [-0.4, -0.2) is 5.91 Å². The summed E-state index contributed by atoms with van der Waals surface area (Å²) in [4.78, 5) is 11.7. The number of amides is 1. The van der Waals surface area contributed by atoms with E-state index < -0.39 is 0 Å². The zero-order valence-corrected chi connectivity index (χ0v) is 10.5. The molecule has 1 amide bonds. The molecule has 1 rings (SSSR count). The van der Waals surface area contributed by atoms with E-state index >= 15 is 0 Å². The van der Waals surface area contributed by atoms with Gasteiger partial charge in [0.25, 0.3) is 0 Å². The van der Waals surface area contributed by atoms with Gasteiger partial charge in [-0.1, -0.05) is 20.8 Å². The maximum absolute atomic E-state index is 13.2. The zero-order valence-electron chi connectivity index (χ0n) is 10.5. The molecule has 1 aromatic rings. The number of rotatable bonds is 3. The highest BCUT2D eigenvalue weighted by Crippen LogP contribution is 2.20. The maximum atomic E-state index is 13.2. The van der Waals surface area contributed by atoms with Gasteiger partial charge in [-0.25, -0.2) is 4.39 Å². The smallest absolute Gasteiger partial charge is 0.224 e. The summed E-state index contributed by atoms with van der Waals surface area (Å²) in [7, 11) is 0. The second-order valence-corrected chi connectivity index (χ2v) is 5.30. The van der Waals surface area contributed by atoms with Gasteiger partial charge in [-0.3, -0.25) is 4.79 Å². The minimum Gasteiger partial charge on any atom is -0.326 e. The van der Waals surface area contributed by atoms with Crippen LogP contribution >= 0.6 is 0 Å². The molecule has 94 valence electrons. The first kappa shape index (κ1) is 13.6. The van der Waals surface area contributed by atoms with E-state index in [4.69, 9.17) is 5.73 Å². The second-order valence-electron chi connectivity index (χ2n) is 5.30. The summed E-state index contributed by atoms with van der Waals surface area (Å²) < 4.78 is 13.2. The Morgan fingerprint density at radius 3 is 2.59 bits per heavy atom. The molecule has 3 N–H and O–H groups in total. The first-order chi connectivity index (χ1) is 7.81. The molecule has 0 saturated carbocycles. The van der Waals surface area contributed by atoms with Crippen molar-refractivity contribution in [3.8, 4) is 0 Å². The van der Waals surface area contributed by atoms with Crippen LogP contribution in [0.2, 0.25) is 0 Å². The van der Waals surface area contributed by atoms with Crippen LogP contribution in [0.4, 0.5) is 10.1 Å². The summed E-state index contributed by atoms with van der Waals surface area (Å²) in [5.74, 6) is -0.423. The molecule has 0 radical (unpaired) electrons. The average molecular weight is 238 g/mol. The molecule has 0 bridgehead atoms. The predicted molar refractivity (Wildman–Crippen MR) is 67.0 cm³/mol. The normalized spacial score (nSPS) is 11.4. The standard InChI is InChI=1S/C13H19FN2O/c1-13(2,3)7-12(17)16-10-4-5-11(14)9(6-10)8-15/h4-6H,7-8,15H2,1-3H3,(H,16,17). The lowest BCUT2D eigenvalue weighted by atomic mass is 9.92. The van der Waals surface area contributed by atoms with Gasteiger partial charge >= 0.3 is 0 Å². The van der Waals surface area contributed by atoms with Crippen molar-refractivity contribution in [2.45, 2.75) is 33.7 Å². The van der Waals surface area contributed by atoms with Crippen molar-refractivity contribution in [1.29, 1.82) is 0 Å². The Balaban J connectivity index is 2.72. The number of carbonyl (C=O) groups is 1. The fourth-order valence-electron chi connectivity index (χ4n) is 1.50. The highest BCUT2D eigenvalue weighted by atomic mass is 19.1. The zero-order chi connectivity index (χ0) is 13.1. The highest BCUT2D eigenvalue weighted by Gasteiger charge is 2.16. The molecule has 0 spiro atoms. The Kier molecular flexibility index (Phi) is 4.23. The van der Waals surface area contributed by atoms with E-state index in [1.165, 1.54) is 12.1 Å². The van der Waals surface area contributed by atoms with Crippen molar-refractivity contribution < 1.29 is 9.18 Å². The van der Waals surface area contributed by atoms with E-state index in [1.54, 1.807) is 6.07 Å². The van der Waals surface area contributed by atoms with Crippen LogP contribution < -0.4 is 11.1 Å². The molecule has 0 fully saturated rings. The highest BCUT2D eigenvalue weighted by molar-refractivity contribution is 5.91. The maximum Gasteiger partial charge on any atom is 0.224 e. The van der Waals surface area contributed by atoms with Gasteiger partial charge in [0, 0.05) is 24.2 Å². The molecule has 0 aromatic heterocycles. The Labute approximate surface area is 101 Å². The van der Waals surface area contributed by atoms with Crippen molar-refractivity contribution in [2.24, 2.45) is 11.1 Å². The number of nitrogens with two attached hydrogens (primary N) is 1. The summed E-state index contributed by atoms with van der Waals surface area (Å²) in [5, 5.41) is 2.74. The first-order valence-electron chi connectivity index (χ1n) is 5.60. The second kappa shape index (κ2) is 5.27. The molecule has 0 aliphatic rings. The fraction of sp³-hybridized carbons (Fsp3) is 0.462. The minimum atomic E-state index is -0.346. The molecular weight excluding hydrogens is 219 g/mol. The number of carbonyl (C=O) groups excluding carboxylic acids is 1. The third kappa shape index (κ3) is 4.53. The number of hydrogen-bond acceptors (Lipinski definition) is 2. The van der Waals surface area contributed by atoms with Gasteiger partial charge < -0.3 is 11.1 Å². The molecule has 17 heavy (non-hydrogen) atoms. The third-order valence-electron chi connectivity index (χ3n) is 2.24. The number of hydrogen-bond donors (Lipinski definition) is 2. The van der Waals surface area contributed by atoms with Gasteiger partial charge in [-0.15, -0.1) is 0 Å². The van der Waals surface area contributed by atoms with Gasteiger partial charge in [-0.05, 0) is 23.6 Å². The molecule has 0 aliphatic heterocycles. The van der Waals surface area contributed by atoms with Crippen LogP contribution in [0.5, 0.6) is 0 Å². The van der Waals surface area contributed by atoms with E-state index in [0.29, 0.717) is 17.7 Å². The average Bonchev–Trinajstić information content (AvgIpc) is 2.18. The molecule has 3 nitrogen and oxygen atoms in total. The van der Waals surface area contributed by atoms with Gasteiger partial charge in [0.1, 0.15) is 5.82 Å². The number of halogens is 1. The van der Waals surface area contributed by atoms with Crippen LogP contribution in [0.25, 0.3) is 0 Å². The van der Waals surface area contributed by atoms with Crippen molar-refractivity contribution in [2.75, 3.05) is 5.32 Å². The van der Waals surface area contributed by atoms with E-state index in [-0.39, 0.29) is 23.7 Å². The molecular formula is C13H19FN2O. The van der Waals surface area contributed by atoms with Crippen LogP contribution in [0.3, 0.4) is 0 Å². The van der Waals surface area contributed by atoms with Crippen molar-refractivity contribution in [1.82, 2.24) is 0 Å². The first-order valence-corrected chi connectivity index (χ1v) is 5.60. The Morgan fingerprint density at radius 2 is 2.06 bits per heavy atom. The number of nitrogens with one attached hydrogen (secondary N) is 1. The Hall–Kier alpha value is -1.42. The Morgan fingerprint density at radius 1 is 1.41 bits per heavy atom. The van der Waals surface area contributed by atoms with Gasteiger partial charge in [0.2, 0.25) is 5.91 Å². The lowest BCUT2D eigenvalue weighted by molar-refractivity contribution is -0.117. The van der Waals surface area contributed by atoms with Crippen LogP contribution in [0.1, 0.15) is 32.8 Å². The van der Waals surface area contributed by atoms with Crippen molar-refractivity contribution in [3.05, 3.63) is 29.6 Å². The predicted octanol–water partition coefficient (Wildman–Crippen LogP) is 2.66. The summed E-state index contributed by atoms with van der Waals surface area (Å²) in [6.07, 6.45) is 0.419. The van der Waals surface area contributed by atoms with E-state index in [0.717, 1.165) is 0 Å². The van der Waals surface area contributed by atoms with Gasteiger partial charge in [-0.2, -0.15) is 0 Å². The molecule has 0 saturated heterocycles. The fourth-order valence-corrected chi connectivity index (χ4v) is 1.50. The topological polar surface area (TPSA) is 55.1 Å². The molecule has 0 aliphatic carbocycles. The SMILES string of the molecule is CC(C)(C)CC(=O)Nc1ccc(F)c(CN)c1. The summed E-state index contributed by atoms with van der Waals surface area (Å²) in [5.41, 5.74) is 6.32. The van der Waals surface area contributed by atoms with Crippen molar-refractivity contribution >= 4 is 11.6 Å². The number of anilines is 1. The van der Waals surface area contributed by atoms with Crippen LogP contribution in [0, 0.1) is 11.2 Å². The summed E-state index contributed by atoms with van der Waals surface area (Å²) in [6, 6.07) is 4.42. The third-order valence-corrected chi connectivity index (χ3v) is 2.24. The molecule has 0 heterocycles. The molecule has 0 atom stereocenters. The Bertz CT molecular complexity index is 410. The lowest BCUT2D eigenvalue weighted by Gasteiger charge is -2.17. The summed E-state index contributed by atoms with van der Waals surface area (Å²) in [6.45, 7) is 6.09. The van der Waals surface area contributed by atoms with Crippen LogP contribution in [-0.2, 0) is 11.3 Å². The van der Waals surface area contributed by atoms with Crippen LogP contribution in [0.15, 0.2) is 18.2 Å². The molecule has 0 unspecified atom stereocenters. The van der Waals surface area contributed by atoms with E-state index in [1.807, 2.05) is 20.8 Å². The quantitative estimate of drug-likeness (QED) is 0.850. The van der Waals surface area contributed by atoms with Gasteiger partial charge in [0.15, 0.2) is 0 Å². The molecule has 1 aromatic carbocycles. The van der Waals surface area contributed by atoms with Crippen molar-refractivity contribution in [3.63, 3.8) is 0 Å². The minimum absolute atomic E-state index is 0.0686. The monoisotopic (exact) mass is 238 g/mol. The largest absolute Gasteiger partial charge is 0.326 e. The summed E-state index contributed by atoms with van der Waals surface area (Å²) >= 11 is 0.